The van der Waals surface area contributed by atoms with Gasteiger partial charge in [0, 0.05) is 13.8 Å². The van der Waals surface area contributed by atoms with E-state index in [1.165, 1.54) is 13.8 Å². The highest BCUT2D eigenvalue weighted by Gasteiger charge is 2.13. The highest BCUT2D eigenvalue weighted by Crippen LogP contribution is 2.17. The van der Waals surface area contributed by atoms with Crippen LogP contribution in [0.2, 0.25) is 0 Å². The molecule has 0 aliphatic rings. The fourth-order valence-corrected chi connectivity index (χ4v) is 1.62. The first kappa shape index (κ1) is 15.0. The summed E-state index contributed by atoms with van der Waals surface area (Å²) in [6, 6.07) is 7.25. The molecule has 104 valence electrons. The zero-order chi connectivity index (χ0) is 14.4. The maximum absolute atomic E-state index is 11.1. The van der Waals surface area contributed by atoms with Gasteiger partial charge in [0.25, 0.3) is 0 Å². The van der Waals surface area contributed by atoms with E-state index in [0.717, 1.165) is 11.3 Å². The minimum atomic E-state index is -0.525. The molecule has 0 unspecified atom stereocenters. The van der Waals surface area contributed by atoms with Gasteiger partial charge in [-0.3, -0.25) is 9.59 Å². The van der Waals surface area contributed by atoms with E-state index in [1.54, 1.807) is 0 Å². The normalized spacial score (nSPS) is 10.4. The fourth-order valence-electron chi connectivity index (χ4n) is 1.62. The molecule has 1 aromatic rings. The maximum atomic E-state index is 11.1. The lowest BCUT2D eigenvalue weighted by molar-refractivity contribution is -0.122. The summed E-state index contributed by atoms with van der Waals surface area (Å²) in [5, 5.41) is 5.35. The fraction of sp³-hybridized carbons (Fsp3) is 0.429. The van der Waals surface area contributed by atoms with Crippen LogP contribution in [0.5, 0.6) is 5.75 Å². The predicted molar refractivity (Wildman–Crippen MR) is 72.6 cm³/mol. The van der Waals surface area contributed by atoms with Crippen molar-refractivity contribution >= 4 is 11.8 Å². The van der Waals surface area contributed by atoms with Crippen LogP contribution in [0, 0.1) is 0 Å². The van der Waals surface area contributed by atoms with Gasteiger partial charge in [0.2, 0.25) is 11.8 Å². The van der Waals surface area contributed by atoms with Crippen molar-refractivity contribution in [2.24, 2.45) is 0 Å². The minimum absolute atomic E-state index is 0.104. The van der Waals surface area contributed by atoms with Gasteiger partial charge < -0.3 is 15.4 Å². The molecule has 5 nitrogen and oxygen atoms in total. The van der Waals surface area contributed by atoms with Crippen molar-refractivity contribution in [1.29, 1.82) is 0 Å². The lowest BCUT2D eigenvalue weighted by Crippen LogP contribution is -2.39. The van der Waals surface area contributed by atoms with Crippen molar-refractivity contribution in [3.63, 3.8) is 0 Å². The summed E-state index contributed by atoms with van der Waals surface area (Å²) in [4.78, 5) is 22.3. The van der Waals surface area contributed by atoms with Crippen molar-refractivity contribution in [3.8, 4) is 5.75 Å². The molecule has 2 N–H and O–H groups in total. The largest absolute Gasteiger partial charge is 0.491 e. The number of benzene rings is 1. The number of rotatable bonds is 5. The first-order valence-corrected chi connectivity index (χ1v) is 6.19. The van der Waals surface area contributed by atoms with E-state index in [1.807, 2.05) is 38.1 Å². The van der Waals surface area contributed by atoms with E-state index >= 15 is 0 Å². The predicted octanol–water partition coefficient (Wildman–Crippen LogP) is 1.74. The summed E-state index contributed by atoms with van der Waals surface area (Å²) < 4.78 is 5.54. The molecule has 0 saturated carbocycles. The van der Waals surface area contributed by atoms with E-state index in [9.17, 15) is 9.59 Å². The number of carbonyl (C=O) groups is 2. The van der Waals surface area contributed by atoms with Crippen molar-refractivity contribution in [3.05, 3.63) is 29.8 Å². The molecule has 0 radical (unpaired) electrons. The number of amides is 2. The minimum Gasteiger partial charge on any atom is -0.491 e. The molecule has 0 fully saturated rings. The molecular weight excluding hydrogens is 244 g/mol. The van der Waals surface area contributed by atoms with Crippen molar-refractivity contribution in [2.75, 3.05) is 0 Å². The Balaban J connectivity index is 2.83. The number of ether oxygens (including phenoxy) is 1. The molecule has 5 heteroatoms. The Morgan fingerprint density at radius 2 is 1.47 bits per heavy atom. The molecule has 0 spiro atoms. The van der Waals surface area contributed by atoms with Crippen LogP contribution in [0.15, 0.2) is 24.3 Å². The van der Waals surface area contributed by atoms with Crippen LogP contribution in [0.4, 0.5) is 0 Å². The third kappa shape index (κ3) is 5.42. The second-order valence-electron chi connectivity index (χ2n) is 4.57. The summed E-state index contributed by atoms with van der Waals surface area (Å²) in [5.74, 6) is 0.339. The molecule has 0 bridgehead atoms. The molecule has 0 atom stereocenters. The summed E-state index contributed by atoms with van der Waals surface area (Å²) >= 11 is 0. The number of hydrogen-bond donors (Lipinski definition) is 2. The number of hydrogen-bond acceptors (Lipinski definition) is 3. The Hall–Kier alpha value is -2.04. The van der Waals surface area contributed by atoms with Crippen molar-refractivity contribution in [1.82, 2.24) is 10.6 Å². The molecule has 0 heterocycles. The highest BCUT2D eigenvalue weighted by atomic mass is 16.5. The van der Waals surface area contributed by atoms with E-state index in [4.69, 9.17) is 4.74 Å². The average molecular weight is 264 g/mol. The quantitative estimate of drug-likeness (QED) is 0.796. The van der Waals surface area contributed by atoms with Gasteiger partial charge in [-0.2, -0.15) is 0 Å². The highest BCUT2D eigenvalue weighted by molar-refractivity contribution is 5.76. The third-order valence-corrected chi connectivity index (χ3v) is 2.28. The van der Waals surface area contributed by atoms with Crippen LogP contribution >= 0.6 is 0 Å². The summed E-state index contributed by atoms with van der Waals surface area (Å²) in [7, 11) is 0. The maximum Gasteiger partial charge on any atom is 0.218 e. The molecule has 0 saturated heterocycles. The van der Waals surface area contributed by atoms with Crippen LogP contribution in [-0.4, -0.2) is 17.9 Å². The lowest BCUT2D eigenvalue weighted by Gasteiger charge is -2.19. The smallest absolute Gasteiger partial charge is 0.218 e. The average Bonchev–Trinajstić information content (AvgIpc) is 2.27. The molecule has 1 rings (SSSR count). The Kier molecular flexibility index (Phi) is 5.36. The summed E-state index contributed by atoms with van der Waals surface area (Å²) in [5.41, 5.74) is 0.793. The first-order chi connectivity index (χ1) is 8.88. The molecule has 2 amide bonds. The van der Waals surface area contributed by atoms with Gasteiger partial charge >= 0.3 is 0 Å². The van der Waals surface area contributed by atoms with Gasteiger partial charge in [0.1, 0.15) is 11.9 Å². The van der Waals surface area contributed by atoms with Gasteiger partial charge in [-0.05, 0) is 31.5 Å². The van der Waals surface area contributed by atoms with Gasteiger partial charge in [-0.15, -0.1) is 0 Å². The Bertz CT molecular complexity index is 425. The van der Waals surface area contributed by atoms with Gasteiger partial charge in [-0.1, -0.05) is 12.1 Å². The van der Waals surface area contributed by atoms with Crippen LogP contribution in [-0.2, 0) is 9.59 Å². The Morgan fingerprint density at radius 1 is 1.00 bits per heavy atom. The molecular formula is C14H20N2O3. The lowest BCUT2D eigenvalue weighted by atomic mass is 10.1. The van der Waals surface area contributed by atoms with Crippen LogP contribution in [0.1, 0.15) is 39.4 Å². The van der Waals surface area contributed by atoms with Gasteiger partial charge in [-0.25, -0.2) is 0 Å². The molecule has 0 aliphatic heterocycles. The first-order valence-electron chi connectivity index (χ1n) is 6.19. The molecule has 0 aromatic heterocycles. The molecule has 1 aromatic carbocycles. The third-order valence-electron chi connectivity index (χ3n) is 2.28. The van der Waals surface area contributed by atoms with E-state index in [0.29, 0.717) is 0 Å². The van der Waals surface area contributed by atoms with Crippen molar-refractivity contribution < 1.29 is 14.3 Å². The summed E-state index contributed by atoms with van der Waals surface area (Å²) in [6.07, 6.45) is -0.421. The Morgan fingerprint density at radius 3 is 1.84 bits per heavy atom. The van der Waals surface area contributed by atoms with E-state index < -0.39 is 6.17 Å². The van der Waals surface area contributed by atoms with Crippen LogP contribution < -0.4 is 15.4 Å². The van der Waals surface area contributed by atoms with E-state index in [2.05, 4.69) is 10.6 Å². The molecule has 0 aliphatic carbocycles. The standard InChI is InChI=1S/C14H20N2O3/c1-9(2)19-13-7-5-12(6-8-13)14(15-10(3)17)16-11(4)18/h5-9,14H,1-4H3,(H,15,17)(H,16,18). The van der Waals surface area contributed by atoms with Gasteiger partial charge in [0.05, 0.1) is 6.10 Å². The monoisotopic (exact) mass is 264 g/mol. The number of nitrogens with one attached hydrogen (secondary N) is 2. The van der Waals surface area contributed by atoms with Crippen molar-refractivity contribution in [2.45, 2.75) is 40.0 Å². The zero-order valence-corrected chi connectivity index (χ0v) is 11.7. The second kappa shape index (κ2) is 6.78. The van der Waals surface area contributed by atoms with Crippen LogP contribution in [0.25, 0.3) is 0 Å². The Labute approximate surface area is 113 Å². The SMILES string of the molecule is CC(=O)NC(NC(C)=O)c1ccc(OC(C)C)cc1. The topological polar surface area (TPSA) is 67.4 Å². The zero-order valence-electron chi connectivity index (χ0n) is 11.7. The number of carbonyl (C=O) groups excluding carboxylic acids is 2. The molecule has 19 heavy (non-hydrogen) atoms. The van der Waals surface area contributed by atoms with Crippen LogP contribution in [0.3, 0.4) is 0 Å². The van der Waals surface area contributed by atoms with E-state index in [-0.39, 0.29) is 17.9 Å². The summed E-state index contributed by atoms with van der Waals surface area (Å²) in [6.45, 7) is 6.72. The second-order valence-corrected chi connectivity index (χ2v) is 4.57. The van der Waals surface area contributed by atoms with Gasteiger partial charge in [0.15, 0.2) is 0 Å².